The number of hydrogen-bond donors (Lipinski definition) is 3. The number of nitrogens with one attached hydrogen (secondary N) is 3. The van der Waals surface area contributed by atoms with E-state index in [1.165, 1.54) is 5.56 Å². The van der Waals surface area contributed by atoms with Gasteiger partial charge in [-0.25, -0.2) is 4.98 Å². The van der Waals surface area contributed by atoms with Crippen LogP contribution >= 0.6 is 0 Å². The van der Waals surface area contributed by atoms with Crippen molar-refractivity contribution in [3.8, 4) is 11.5 Å². The fourth-order valence-electron chi connectivity index (χ4n) is 5.80. The highest BCUT2D eigenvalue weighted by molar-refractivity contribution is 5.94. The minimum Gasteiger partial charge on any atom is -0.378 e. The van der Waals surface area contributed by atoms with Crippen LogP contribution in [0.4, 0.5) is 22.7 Å². The zero-order valence-electron chi connectivity index (χ0n) is 24.0. The smallest absolute Gasteiger partial charge is 0.157 e. The molecule has 4 aromatic heterocycles. The van der Waals surface area contributed by atoms with Crippen molar-refractivity contribution in [3.63, 3.8) is 0 Å². The summed E-state index contributed by atoms with van der Waals surface area (Å²) in [7, 11) is 0. The fourth-order valence-corrected chi connectivity index (χ4v) is 5.80. The van der Waals surface area contributed by atoms with Crippen molar-refractivity contribution in [3.05, 3.63) is 96.1 Å². The summed E-state index contributed by atoms with van der Waals surface area (Å²) in [6.45, 7) is 6.98. The van der Waals surface area contributed by atoms with Gasteiger partial charge in [0.2, 0.25) is 0 Å². The van der Waals surface area contributed by atoms with Crippen molar-refractivity contribution in [2.24, 2.45) is 0 Å². The molecule has 8 heteroatoms. The molecule has 0 radical (unpaired) electrons. The first-order valence-electron chi connectivity index (χ1n) is 14.4. The Balaban J connectivity index is 1.12. The Kier molecular flexibility index (Phi) is 6.76. The second-order valence-electron chi connectivity index (χ2n) is 11.2. The normalized spacial score (nSPS) is 17.0. The van der Waals surface area contributed by atoms with E-state index in [9.17, 15) is 0 Å². The summed E-state index contributed by atoms with van der Waals surface area (Å²) < 4.78 is 5.78. The van der Waals surface area contributed by atoms with Crippen molar-refractivity contribution in [2.45, 2.75) is 45.6 Å². The van der Waals surface area contributed by atoms with Gasteiger partial charge in [-0.05, 0) is 106 Å². The molecule has 6 aromatic rings. The summed E-state index contributed by atoms with van der Waals surface area (Å²) in [5.74, 6) is 1.23. The lowest BCUT2D eigenvalue weighted by atomic mass is 9.88. The lowest BCUT2D eigenvalue weighted by molar-refractivity contribution is 0.0186. The number of fused-ring (bicyclic) bond motifs is 2. The quantitative estimate of drug-likeness (QED) is 0.192. The third-order valence-electron chi connectivity index (χ3n) is 7.87. The van der Waals surface area contributed by atoms with Gasteiger partial charge >= 0.3 is 0 Å². The number of aryl methyl sites for hydroxylation is 2. The summed E-state index contributed by atoms with van der Waals surface area (Å²) in [5, 5.41) is 8.15. The third-order valence-corrected chi connectivity index (χ3v) is 7.87. The molecule has 1 saturated heterocycles. The van der Waals surface area contributed by atoms with Crippen LogP contribution in [0.3, 0.4) is 0 Å². The molecule has 1 fully saturated rings. The van der Waals surface area contributed by atoms with Gasteiger partial charge in [0.25, 0.3) is 0 Å². The van der Waals surface area contributed by atoms with E-state index >= 15 is 0 Å². The number of ether oxygens (including phenoxy) is 1. The van der Waals surface area contributed by atoms with Crippen LogP contribution in [0.1, 0.15) is 42.6 Å². The molecule has 0 aliphatic carbocycles. The van der Waals surface area contributed by atoms with Gasteiger partial charge in [0.15, 0.2) is 5.82 Å². The maximum atomic E-state index is 5.78. The minimum atomic E-state index is 0.291. The molecule has 42 heavy (non-hydrogen) atoms. The number of nitrogens with zero attached hydrogens (tertiary/aromatic N) is 4. The number of aromatic nitrogens is 5. The Morgan fingerprint density at radius 3 is 2.50 bits per heavy atom. The predicted molar refractivity (Wildman–Crippen MR) is 169 cm³/mol. The molecule has 2 atom stereocenters. The number of aromatic amines is 1. The van der Waals surface area contributed by atoms with Crippen molar-refractivity contribution >= 4 is 44.7 Å². The number of imidazole rings is 1. The Labute approximate surface area is 244 Å². The Morgan fingerprint density at radius 2 is 1.67 bits per heavy atom. The van der Waals surface area contributed by atoms with Crippen LogP contribution in [0.5, 0.6) is 0 Å². The Bertz CT molecular complexity index is 1900. The fraction of sp³-hybridized carbons (Fsp3) is 0.235. The van der Waals surface area contributed by atoms with Crippen LogP contribution in [-0.2, 0) is 4.74 Å². The molecule has 2 unspecified atom stereocenters. The van der Waals surface area contributed by atoms with Gasteiger partial charge in [0, 0.05) is 46.6 Å². The topological polar surface area (TPSA) is 101 Å². The van der Waals surface area contributed by atoms with Gasteiger partial charge in [0.1, 0.15) is 5.69 Å². The highest BCUT2D eigenvalue weighted by Gasteiger charge is 2.21. The molecule has 5 heterocycles. The van der Waals surface area contributed by atoms with Crippen molar-refractivity contribution in [1.29, 1.82) is 0 Å². The maximum Gasteiger partial charge on any atom is 0.157 e. The molecular weight excluding hydrogens is 522 g/mol. The third kappa shape index (κ3) is 5.41. The van der Waals surface area contributed by atoms with E-state index < -0.39 is 0 Å². The number of anilines is 4. The number of rotatable bonds is 6. The average molecular weight is 556 g/mol. The van der Waals surface area contributed by atoms with E-state index in [-0.39, 0.29) is 0 Å². The van der Waals surface area contributed by atoms with Crippen LogP contribution in [0.2, 0.25) is 0 Å². The maximum absolute atomic E-state index is 5.78. The van der Waals surface area contributed by atoms with E-state index in [2.05, 4.69) is 57.9 Å². The van der Waals surface area contributed by atoms with Gasteiger partial charge in [-0.3, -0.25) is 15.0 Å². The van der Waals surface area contributed by atoms with Gasteiger partial charge in [-0.15, -0.1) is 0 Å². The van der Waals surface area contributed by atoms with Gasteiger partial charge in [-0.1, -0.05) is 6.07 Å². The van der Waals surface area contributed by atoms with Crippen LogP contribution in [0, 0.1) is 13.8 Å². The van der Waals surface area contributed by atoms with Gasteiger partial charge in [-0.2, -0.15) is 0 Å². The number of benzene rings is 2. The number of pyridine rings is 3. The first-order valence-corrected chi connectivity index (χ1v) is 14.4. The second kappa shape index (κ2) is 10.9. The largest absolute Gasteiger partial charge is 0.378 e. The van der Waals surface area contributed by atoms with E-state index in [0.29, 0.717) is 12.0 Å². The standard InChI is InChI=1S/C34H33N7O/c1-20-14-26(10-12-35-20)38-25-5-8-30-33(18-25)41-34(40-30)31-9-6-27(19-36-31)39-32-15-21(2)37-29-7-4-23(17-28(29)32)24-11-13-42-22(3)16-24/h4-10,12,14-15,17-19,22,24H,11,13,16H2,1-3H3,(H,35,38)(H,37,39)(H,40,41). The predicted octanol–water partition coefficient (Wildman–Crippen LogP) is 7.95. The van der Waals surface area contributed by atoms with Crippen molar-refractivity contribution < 1.29 is 4.74 Å². The Hall–Kier alpha value is -4.82. The Morgan fingerprint density at radius 1 is 0.810 bits per heavy atom. The van der Waals surface area contributed by atoms with Crippen LogP contribution in [0.25, 0.3) is 33.5 Å². The zero-order valence-corrected chi connectivity index (χ0v) is 24.0. The molecule has 1 aliphatic heterocycles. The van der Waals surface area contributed by atoms with Crippen LogP contribution in [-0.4, -0.2) is 37.6 Å². The molecule has 0 spiro atoms. The molecule has 2 aromatic carbocycles. The van der Waals surface area contributed by atoms with Crippen molar-refractivity contribution in [1.82, 2.24) is 24.9 Å². The van der Waals surface area contributed by atoms with Gasteiger partial charge in [0.05, 0.1) is 34.5 Å². The molecule has 3 N–H and O–H groups in total. The van der Waals surface area contributed by atoms with E-state index in [1.54, 1.807) is 6.20 Å². The highest BCUT2D eigenvalue weighted by Crippen LogP contribution is 2.34. The van der Waals surface area contributed by atoms with Crippen molar-refractivity contribution in [2.75, 3.05) is 17.2 Å². The first-order chi connectivity index (χ1) is 20.5. The summed E-state index contributed by atoms with van der Waals surface area (Å²) >= 11 is 0. The van der Waals surface area contributed by atoms with Crippen LogP contribution in [0.15, 0.2) is 79.1 Å². The SMILES string of the molecule is Cc1cc(Nc2ccc3nc(-c4ccc(Nc5cc(C)nc6ccc(C7CCOC(C)C7)cc56)cn4)[nH]c3c2)ccn1. The summed E-state index contributed by atoms with van der Waals surface area (Å²) in [6, 6.07) is 22.9. The second-order valence-corrected chi connectivity index (χ2v) is 11.2. The van der Waals surface area contributed by atoms with Gasteiger partial charge < -0.3 is 20.4 Å². The molecule has 0 saturated carbocycles. The van der Waals surface area contributed by atoms with Crippen LogP contribution < -0.4 is 10.6 Å². The highest BCUT2D eigenvalue weighted by atomic mass is 16.5. The molecule has 210 valence electrons. The lowest BCUT2D eigenvalue weighted by Gasteiger charge is -2.27. The first kappa shape index (κ1) is 26.1. The zero-order chi connectivity index (χ0) is 28.6. The minimum absolute atomic E-state index is 0.291. The van der Waals surface area contributed by atoms with E-state index in [1.807, 2.05) is 56.4 Å². The van der Waals surface area contributed by atoms with E-state index in [0.717, 1.165) is 87.0 Å². The summed E-state index contributed by atoms with van der Waals surface area (Å²) in [6.07, 6.45) is 6.04. The molecule has 1 aliphatic rings. The lowest BCUT2D eigenvalue weighted by Crippen LogP contribution is -2.21. The number of H-pyrrole nitrogens is 1. The molecule has 7 rings (SSSR count). The summed E-state index contributed by atoms with van der Waals surface area (Å²) in [5.41, 5.74) is 10.8. The average Bonchev–Trinajstić information content (AvgIpc) is 3.41. The molecule has 8 nitrogen and oxygen atoms in total. The number of hydrogen-bond acceptors (Lipinski definition) is 7. The molecule has 0 bridgehead atoms. The molecular formula is C34H33N7O. The van der Waals surface area contributed by atoms with E-state index in [4.69, 9.17) is 19.7 Å². The summed E-state index contributed by atoms with van der Waals surface area (Å²) in [4.78, 5) is 22.0. The molecule has 0 amide bonds. The monoisotopic (exact) mass is 555 g/mol.